The predicted octanol–water partition coefficient (Wildman–Crippen LogP) is 1.25. The zero-order chi connectivity index (χ0) is 11.3. The first kappa shape index (κ1) is 10.7. The molecule has 0 heterocycles. The summed E-state index contributed by atoms with van der Waals surface area (Å²) in [4.78, 5) is 10.6. The fourth-order valence-electron chi connectivity index (χ4n) is 1.28. The summed E-state index contributed by atoms with van der Waals surface area (Å²) in [5.74, 6) is -0.968. The molecule has 0 radical (unpaired) electrons. The number of carboxylic acid groups (broad SMARTS) is 1. The average molecular weight is 200 g/mol. The molecule has 0 fully saturated rings. The summed E-state index contributed by atoms with van der Waals surface area (Å²) in [7, 11) is 0. The summed E-state index contributed by atoms with van der Waals surface area (Å²) in [5, 5.41) is 25.9. The van der Waals surface area contributed by atoms with E-state index in [0.717, 1.165) is 0 Å². The highest BCUT2D eigenvalue weighted by Gasteiger charge is 2.07. The van der Waals surface area contributed by atoms with Crippen LogP contribution in [0.1, 0.15) is 16.7 Å². The zero-order valence-corrected chi connectivity index (χ0v) is 7.90. The lowest BCUT2D eigenvalue weighted by Gasteiger charge is -2.04. The number of carboxylic acids is 1. The fourth-order valence-corrected chi connectivity index (χ4v) is 1.28. The van der Waals surface area contributed by atoms with Gasteiger partial charge in [-0.25, -0.2) is 0 Å². The molecule has 1 rings (SSSR count). The summed E-state index contributed by atoms with van der Waals surface area (Å²) in [6, 6.07) is 8.61. The number of hydrogen-bond acceptors (Lipinski definition) is 3. The van der Waals surface area contributed by atoms with Gasteiger partial charge in [-0.1, -0.05) is 6.07 Å². The van der Waals surface area contributed by atoms with E-state index in [4.69, 9.17) is 15.6 Å². The second-order valence-corrected chi connectivity index (χ2v) is 3.00. The molecule has 0 aliphatic heterocycles. The van der Waals surface area contributed by atoms with E-state index in [1.807, 2.05) is 12.1 Å². The Morgan fingerprint density at radius 1 is 1.33 bits per heavy atom. The lowest BCUT2D eigenvalue weighted by atomic mass is 10.00. The van der Waals surface area contributed by atoms with Crippen LogP contribution in [0.3, 0.4) is 0 Å². The van der Waals surface area contributed by atoms with Crippen LogP contribution in [0.2, 0.25) is 0 Å². The molecular weight excluding hydrogens is 192 g/mol. The summed E-state index contributed by atoms with van der Waals surface area (Å²) in [6.45, 7) is 0. The van der Waals surface area contributed by atoms with Crippen LogP contribution >= 0.6 is 0 Å². The molecule has 0 atom stereocenters. The predicted molar refractivity (Wildman–Crippen MR) is 51.8 cm³/mol. The van der Waals surface area contributed by atoms with Crippen molar-refractivity contribution in [3.63, 3.8) is 0 Å². The van der Waals surface area contributed by atoms with Gasteiger partial charge in [0.15, 0.2) is 0 Å². The lowest BCUT2D eigenvalue weighted by Crippen LogP contribution is -2.03. The first-order chi connectivity index (χ1) is 7.17. The summed E-state index contributed by atoms with van der Waals surface area (Å²) in [5.41, 5.74) is 1.61. The van der Waals surface area contributed by atoms with Gasteiger partial charge in [-0.05, 0) is 23.3 Å². The molecule has 0 aliphatic carbocycles. The normalized spacial score (nSPS) is 8.93. The van der Waals surface area contributed by atoms with Crippen LogP contribution in [0.15, 0.2) is 18.2 Å². The van der Waals surface area contributed by atoms with E-state index in [9.17, 15) is 4.79 Å². The number of nitriles is 2. The van der Waals surface area contributed by atoms with Crippen molar-refractivity contribution >= 4 is 5.97 Å². The van der Waals surface area contributed by atoms with Crippen molar-refractivity contribution < 1.29 is 9.90 Å². The SMILES string of the molecule is N#CCc1ccc(C#N)cc1CC(=O)O. The van der Waals surface area contributed by atoms with Crippen LogP contribution in [0.25, 0.3) is 0 Å². The number of hydrogen-bond donors (Lipinski definition) is 1. The van der Waals surface area contributed by atoms with E-state index >= 15 is 0 Å². The molecule has 0 bridgehead atoms. The zero-order valence-electron chi connectivity index (χ0n) is 7.90. The highest BCUT2D eigenvalue weighted by atomic mass is 16.4. The van der Waals surface area contributed by atoms with Gasteiger partial charge >= 0.3 is 5.97 Å². The van der Waals surface area contributed by atoms with Crippen LogP contribution in [-0.2, 0) is 17.6 Å². The van der Waals surface area contributed by atoms with Crippen molar-refractivity contribution in [2.24, 2.45) is 0 Å². The number of aliphatic carboxylic acids is 1. The largest absolute Gasteiger partial charge is 0.481 e. The van der Waals surface area contributed by atoms with Gasteiger partial charge in [0.1, 0.15) is 0 Å². The van der Waals surface area contributed by atoms with Crippen LogP contribution in [-0.4, -0.2) is 11.1 Å². The van der Waals surface area contributed by atoms with Crippen LogP contribution in [0.5, 0.6) is 0 Å². The Balaban J connectivity index is 3.12. The highest BCUT2D eigenvalue weighted by Crippen LogP contribution is 2.13. The van der Waals surface area contributed by atoms with Gasteiger partial charge in [0, 0.05) is 0 Å². The third kappa shape index (κ3) is 2.82. The Morgan fingerprint density at radius 3 is 2.60 bits per heavy atom. The first-order valence-corrected chi connectivity index (χ1v) is 4.28. The van der Waals surface area contributed by atoms with Crippen molar-refractivity contribution in [2.45, 2.75) is 12.8 Å². The molecule has 0 saturated carbocycles. The first-order valence-electron chi connectivity index (χ1n) is 4.28. The molecule has 0 aliphatic rings. The maximum Gasteiger partial charge on any atom is 0.307 e. The van der Waals surface area contributed by atoms with E-state index in [1.165, 1.54) is 6.07 Å². The monoisotopic (exact) mass is 200 g/mol. The van der Waals surface area contributed by atoms with Gasteiger partial charge in [0.05, 0.1) is 30.5 Å². The smallest absolute Gasteiger partial charge is 0.307 e. The minimum Gasteiger partial charge on any atom is -0.481 e. The summed E-state index contributed by atoms with van der Waals surface area (Å²) in [6.07, 6.45) is 0.000848. The van der Waals surface area contributed by atoms with Crippen LogP contribution in [0.4, 0.5) is 0 Å². The van der Waals surface area contributed by atoms with Crippen molar-refractivity contribution in [3.05, 3.63) is 34.9 Å². The molecule has 74 valence electrons. The van der Waals surface area contributed by atoms with Gasteiger partial charge in [-0.15, -0.1) is 0 Å². The van der Waals surface area contributed by atoms with Crippen LogP contribution in [0, 0.1) is 22.7 Å². The van der Waals surface area contributed by atoms with Crippen molar-refractivity contribution in [1.29, 1.82) is 10.5 Å². The molecular formula is C11H8N2O2. The highest BCUT2D eigenvalue weighted by molar-refractivity contribution is 5.71. The van der Waals surface area contributed by atoms with Gasteiger partial charge in [-0.3, -0.25) is 4.79 Å². The third-order valence-corrected chi connectivity index (χ3v) is 1.95. The molecule has 1 aromatic carbocycles. The molecule has 4 heteroatoms. The molecule has 1 aromatic rings. The van der Waals surface area contributed by atoms with E-state index in [0.29, 0.717) is 16.7 Å². The minimum atomic E-state index is -0.968. The maximum absolute atomic E-state index is 10.6. The van der Waals surface area contributed by atoms with Crippen LogP contribution < -0.4 is 0 Å². The molecule has 0 unspecified atom stereocenters. The summed E-state index contributed by atoms with van der Waals surface area (Å²) < 4.78 is 0. The Labute approximate surface area is 87.0 Å². The quantitative estimate of drug-likeness (QED) is 0.795. The standard InChI is InChI=1S/C11H8N2O2/c12-4-3-9-2-1-8(7-13)5-10(9)6-11(14)15/h1-2,5H,3,6H2,(H,14,15). The molecule has 4 nitrogen and oxygen atoms in total. The van der Waals surface area contributed by atoms with E-state index in [1.54, 1.807) is 12.1 Å². The van der Waals surface area contributed by atoms with Crippen molar-refractivity contribution in [3.8, 4) is 12.1 Å². The van der Waals surface area contributed by atoms with E-state index < -0.39 is 5.97 Å². The van der Waals surface area contributed by atoms with Gasteiger partial charge in [-0.2, -0.15) is 10.5 Å². The number of rotatable bonds is 3. The average Bonchev–Trinajstić information content (AvgIpc) is 2.20. The second-order valence-electron chi connectivity index (χ2n) is 3.00. The number of carbonyl (C=O) groups is 1. The number of benzene rings is 1. The van der Waals surface area contributed by atoms with Crippen molar-refractivity contribution in [1.82, 2.24) is 0 Å². The van der Waals surface area contributed by atoms with Gasteiger partial charge in [0.2, 0.25) is 0 Å². The van der Waals surface area contributed by atoms with E-state index in [2.05, 4.69) is 0 Å². The lowest BCUT2D eigenvalue weighted by molar-refractivity contribution is -0.136. The number of nitrogens with zero attached hydrogens (tertiary/aromatic N) is 2. The van der Waals surface area contributed by atoms with Gasteiger partial charge in [0.25, 0.3) is 0 Å². The molecule has 0 aromatic heterocycles. The Hall–Kier alpha value is -2.33. The molecule has 0 amide bonds. The topological polar surface area (TPSA) is 84.9 Å². The Morgan fingerprint density at radius 2 is 2.07 bits per heavy atom. The Kier molecular flexibility index (Phi) is 3.43. The third-order valence-electron chi connectivity index (χ3n) is 1.95. The molecule has 0 saturated heterocycles. The van der Waals surface area contributed by atoms with Gasteiger partial charge < -0.3 is 5.11 Å². The summed E-state index contributed by atoms with van der Waals surface area (Å²) >= 11 is 0. The molecule has 1 N–H and O–H groups in total. The molecule has 15 heavy (non-hydrogen) atoms. The Bertz CT molecular complexity index is 466. The molecule has 0 spiro atoms. The maximum atomic E-state index is 10.6. The van der Waals surface area contributed by atoms with E-state index in [-0.39, 0.29) is 12.8 Å². The van der Waals surface area contributed by atoms with Crippen molar-refractivity contribution in [2.75, 3.05) is 0 Å². The fraction of sp³-hybridized carbons (Fsp3) is 0.182. The minimum absolute atomic E-state index is 0.160. The second kappa shape index (κ2) is 4.78.